The molecule has 23 heavy (non-hydrogen) atoms. The van der Waals surface area contributed by atoms with E-state index in [0.717, 1.165) is 21.2 Å². The molecule has 6 nitrogen and oxygen atoms in total. The molecule has 0 heterocycles. The summed E-state index contributed by atoms with van der Waals surface area (Å²) < 4.78 is 26.9. The highest BCUT2D eigenvalue weighted by atomic mass is 35.5. The van der Waals surface area contributed by atoms with Crippen LogP contribution in [0.3, 0.4) is 0 Å². The Morgan fingerprint density at radius 1 is 1.04 bits per heavy atom. The van der Waals surface area contributed by atoms with Gasteiger partial charge in [0.25, 0.3) is 10.0 Å². The van der Waals surface area contributed by atoms with Gasteiger partial charge in [0, 0.05) is 6.54 Å². The molecule has 0 unspecified atom stereocenters. The zero-order valence-electron chi connectivity index (χ0n) is 14.0. The van der Waals surface area contributed by atoms with Gasteiger partial charge in [-0.15, -0.1) is 12.4 Å². The Kier molecular flexibility index (Phi) is 9.91. The first-order valence-corrected chi connectivity index (χ1v) is 8.92. The van der Waals surface area contributed by atoms with Gasteiger partial charge in [-0.2, -0.15) is 0 Å². The minimum atomic E-state index is -3.72. The molecule has 1 aromatic rings. The topological polar surface area (TPSA) is 98.7 Å². The number of hydroxylamine groups is 1. The van der Waals surface area contributed by atoms with Crippen molar-refractivity contribution in [2.45, 2.75) is 38.5 Å². The van der Waals surface area contributed by atoms with Gasteiger partial charge in [-0.25, -0.2) is 8.42 Å². The minimum Gasteiger partial charge on any atom is -0.330 e. The fourth-order valence-electron chi connectivity index (χ4n) is 2.40. The van der Waals surface area contributed by atoms with Crippen LogP contribution in [0.1, 0.15) is 29.5 Å². The summed E-state index contributed by atoms with van der Waals surface area (Å²) in [6.45, 7) is 6.90. The molecule has 1 aromatic carbocycles. The third kappa shape index (κ3) is 6.02. The van der Waals surface area contributed by atoms with Crippen molar-refractivity contribution in [3.63, 3.8) is 0 Å². The van der Waals surface area contributed by atoms with Crippen molar-refractivity contribution in [3.05, 3.63) is 28.8 Å². The maximum absolute atomic E-state index is 12.9. The van der Waals surface area contributed by atoms with Crippen LogP contribution < -0.4 is 11.5 Å². The third-order valence-corrected chi connectivity index (χ3v) is 5.24. The molecule has 134 valence electrons. The molecule has 0 spiro atoms. The zero-order valence-corrected chi connectivity index (χ0v) is 15.7. The Hall–Kier alpha value is -0.700. The molecular weight excluding hydrogens is 338 g/mol. The number of hydrogen-bond acceptors (Lipinski definition) is 5. The monoisotopic (exact) mass is 365 g/mol. The average Bonchev–Trinajstić information content (AvgIpc) is 2.40. The van der Waals surface area contributed by atoms with Crippen LogP contribution in [0.15, 0.2) is 17.0 Å². The van der Waals surface area contributed by atoms with Gasteiger partial charge < -0.3 is 11.5 Å². The summed E-state index contributed by atoms with van der Waals surface area (Å²) in [5.41, 5.74) is 13.4. The van der Waals surface area contributed by atoms with Crippen LogP contribution in [0.5, 0.6) is 0 Å². The van der Waals surface area contributed by atoms with Crippen molar-refractivity contribution in [1.29, 1.82) is 0 Å². The second-order valence-electron chi connectivity index (χ2n) is 5.38. The minimum absolute atomic E-state index is 0. The smallest absolute Gasteiger partial charge is 0.265 e. The predicted octanol–water partition coefficient (Wildman–Crippen LogP) is 1.65. The summed E-state index contributed by atoms with van der Waals surface area (Å²) in [5, 5.41) is 0. The highest BCUT2D eigenvalue weighted by Gasteiger charge is 2.28. The van der Waals surface area contributed by atoms with Gasteiger partial charge in [0.2, 0.25) is 0 Å². The van der Waals surface area contributed by atoms with Crippen molar-refractivity contribution >= 4 is 22.4 Å². The van der Waals surface area contributed by atoms with E-state index in [-0.39, 0.29) is 25.6 Å². The lowest BCUT2D eigenvalue weighted by Gasteiger charge is -2.23. The van der Waals surface area contributed by atoms with Crippen LogP contribution in [-0.2, 0) is 14.9 Å². The van der Waals surface area contributed by atoms with E-state index in [0.29, 0.717) is 30.8 Å². The van der Waals surface area contributed by atoms with E-state index >= 15 is 0 Å². The lowest BCUT2D eigenvalue weighted by Crippen LogP contribution is -2.34. The van der Waals surface area contributed by atoms with Crippen molar-refractivity contribution in [2.75, 3.05) is 26.2 Å². The Morgan fingerprint density at radius 3 is 2.04 bits per heavy atom. The quantitative estimate of drug-likeness (QED) is 0.512. The number of sulfonamides is 1. The number of benzene rings is 1. The summed E-state index contributed by atoms with van der Waals surface area (Å²) >= 11 is 0. The lowest BCUT2D eigenvalue weighted by atomic mass is 10.1. The maximum Gasteiger partial charge on any atom is 0.265 e. The van der Waals surface area contributed by atoms with Crippen molar-refractivity contribution < 1.29 is 13.3 Å². The summed E-state index contributed by atoms with van der Waals surface area (Å²) in [5.74, 6) is 0. The molecule has 0 saturated heterocycles. The molecule has 0 bridgehead atoms. The highest BCUT2D eigenvalue weighted by molar-refractivity contribution is 7.89. The first-order valence-electron chi connectivity index (χ1n) is 7.48. The molecule has 0 aromatic heterocycles. The van der Waals surface area contributed by atoms with E-state index < -0.39 is 10.0 Å². The van der Waals surface area contributed by atoms with Crippen molar-refractivity contribution in [3.8, 4) is 0 Å². The Bertz CT molecular complexity index is 571. The SMILES string of the molecule is Cc1cc(C)c(S(=O)(=O)N(CCCN)OCCCN)c(C)c1.Cl. The van der Waals surface area contributed by atoms with Crippen LogP contribution >= 0.6 is 12.4 Å². The highest BCUT2D eigenvalue weighted by Crippen LogP contribution is 2.25. The maximum atomic E-state index is 12.9. The largest absolute Gasteiger partial charge is 0.330 e. The molecule has 1 rings (SSSR count). The normalized spacial score (nSPS) is 11.6. The zero-order chi connectivity index (χ0) is 16.8. The molecule has 0 aliphatic heterocycles. The molecule has 0 radical (unpaired) electrons. The van der Waals surface area contributed by atoms with Crippen LogP contribution in [0.25, 0.3) is 0 Å². The Morgan fingerprint density at radius 2 is 1.57 bits per heavy atom. The van der Waals surface area contributed by atoms with Gasteiger partial charge in [-0.1, -0.05) is 22.2 Å². The predicted molar refractivity (Wildman–Crippen MR) is 95.1 cm³/mol. The van der Waals surface area contributed by atoms with Gasteiger partial charge in [0.05, 0.1) is 11.5 Å². The second kappa shape index (κ2) is 10.2. The average molecular weight is 366 g/mol. The van der Waals surface area contributed by atoms with E-state index in [4.69, 9.17) is 16.3 Å². The van der Waals surface area contributed by atoms with Crippen LogP contribution in [0.2, 0.25) is 0 Å². The summed E-state index contributed by atoms with van der Waals surface area (Å²) in [4.78, 5) is 5.76. The fraction of sp³-hybridized carbons (Fsp3) is 0.600. The standard InChI is InChI=1S/C15H27N3O3S.ClH/c1-12-10-13(2)15(14(3)11-12)22(19,20)18(8-4-6-16)21-9-5-7-17;/h10-11H,4-9,16-17H2,1-3H3;1H. The molecule has 4 N–H and O–H groups in total. The summed E-state index contributed by atoms with van der Waals surface area (Å²) in [6.07, 6.45) is 1.13. The van der Waals surface area contributed by atoms with E-state index in [1.54, 1.807) is 13.8 Å². The molecule has 0 aliphatic carbocycles. The van der Waals surface area contributed by atoms with E-state index in [2.05, 4.69) is 0 Å². The van der Waals surface area contributed by atoms with Gasteiger partial charge >= 0.3 is 0 Å². The molecule has 0 amide bonds. The van der Waals surface area contributed by atoms with Crippen molar-refractivity contribution in [1.82, 2.24) is 4.47 Å². The molecular formula is C15H28ClN3O3S. The van der Waals surface area contributed by atoms with Crippen LogP contribution in [-0.4, -0.2) is 39.1 Å². The fourth-order valence-corrected chi connectivity index (χ4v) is 4.12. The van der Waals surface area contributed by atoms with Crippen LogP contribution in [0.4, 0.5) is 0 Å². The van der Waals surface area contributed by atoms with Gasteiger partial charge in [0.1, 0.15) is 0 Å². The van der Waals surface area contributed by atoms with E-state index in [1.165, 1.54) is 0 Å². The second-order valence-corrected chi connectivity index (χ2v) is 7.14. The third-order valence-electron chi connectivity index (χ3n) is 3.26. The molecule has 0 saturated carbocycles. The first kappa shape index (κ1) is 22.3. The van der Waals surface area contributed by atoms with E-state index in [9.17, 15) is 8.42 Å². The lowest BCUT2D eigenvalue weighted by molar-refractivity contribution is -0.0847. The number of nitrogens with zero attached hydrogens (tertiary/aromatic N) is 1. The Labute approximate surface area is 145 Å². The molecule has 8 heteroatoms. The molecule has 0 atom stereocenters. The summed E-state index contributed by atoms with van der Waals surface area (Å²) in [6, 6.07) is 3.72. The summed E-state index contributed by atoms with van der Waals surface area (Å²) in [7, 11) is -3.72. The number of rotatable bonds is 9. The molecule has 0 fully saturated rings. The number of aryl methyl sites for hydroxylation is 3. The number of hydrogen-bond donors (Lipinski definition) is 2. The Balaban J connectivity index is 0.00000484. The first-order chi connectivity index (χ1) is 10.3. The van der Waals surface area contributed by atoms with Gasteiger partial charge in [0.15, 0.2) is 0 Å². The van der Waals surface area contributed by atoms with Gasteiger partial charge in [-0.3, -0.25) is 4.84 Å². The van der Waals surface area contributed by atoms with E-state index in [1.807, 2.05) is 19.1 Å². The van der Waals surface area contributed by atoms with Gasteiger partial charge in [-0.05, 0) is 57.8 Å². The number of nitrogens with two attached hydrogens (primary N) is 2. The van der Waals surface area contributed by atoms with Crippen LogP contribution in [0, 0.1) is 20.8 Å². The molecule has 0 aliphatic rings. The number of halogens is 1. The van der Waals surface area contributed by atoms with Crippen molar-refractivity contribution in [2.24, 2.45) is 11.5 Å².